The predicted molar refractivity (Wildman–Crippen MR) is 84.7 cm³/mol. The summed E-state index contributed by atoms with van der Waals surface area (Å²) >= 11 is 9.19. The summed E-state index contributed by atoms with van der Waals surface area (Å²) in [5.41, 5.74) is 1.64. The smallest absolute Gasteiger partial charge is 0.244 e. The van der Waals surface area contributed by atoms with Gasteiger partial charge in [-0.05, 0) is 40.0 Å². The Kier molecular flexibility index (Phi) is 6.94. The Hall–Kier alpha value is -0.140. The maximum absolute atomic E-state index is 12.7. The topological polar surface area (TPSA) is 46.6 Å². The van der Waals surface area contributed by atoms with Crippen molar-refractivity contribution in [3.63, 3.8) is 0 Å². The molecule has 0 atom stereocenters. The van der Waals surface area contributed by atoms with Crippen molar-refractivity contribution < 1.29 is 13.2 Å². The fraction of sp³-hybridized carbons (Fsp3) is 0.538. The van der Waals surface area contributed by atoms with Crippen molar-refractivity contribution in [3.05, 3.63) is 27.7 Å². The second kappa shape index (κ2) is 7.75. The Bertz CT molecular complexity index is 563. The van der Waals surface area contributed by atoms with E-state index in [2.05, 4.69) is 15.9 Å². The van der Waals surface area contributed by atoms with Crippen LogP contribution in [0.25, 0.3) is 0 Å². The first-order valence-electron chi connectivity index (χ1n) is 6.22. The van der Waals surface area contributed by atoms with E-state index in [4.69, 9.17) is 16.3 Å². The third-order valence-electron chi connectivity index (χ3n) is 2.95. The molecule has 0 heterocycles. The Morgan fingerprint density at radius 3 is 2.55 bits per heavy atom. The number of alkyl halides is 1. The van der Waals surface area contributed by atoms with Crippen LogP contribution in [0.2, 0.25) is 0 Å². The summed E-state index contributed by atoms with van der Waals surface area (Å²) in [5.74, 6) is 0.279. The minimum absolute atomic E-state index is 0.256. The van der Waals surface area contributed by atoms with Gasteiger partial charge in [0.05, 0.1) is 11.5 Å². The number of hydrogen-bond donors (Lipinski definition) is 0. The van der Waals surface area contributed by atoms with E-state index in [9.17, 15) is 8.42 Å². The quantitative estimate of drug-likeness (QED) is 0.678. The first-order valence-corrected chi connectivity index (χ1v) is 8.99. The van der Waals surface area contributed by atoms with Crippen LogP contribution in [-0.4, -0.2) is 39.5 Å². The Balaban J connectivity index is 3.29. The molecule has 7 heteroatoms. The number of halogens is 2. The SMILES string of the molecule is CCN(CCOC)S(=O)(=O)c1cc(CCl)cc(C)c1Br. The van der Waals surface area contributed by atoms with E-state index in [-0.39, 0.29) is 10.8 Å². The van der Waals surface area contributed by atoms with Crippen molar-refractivity contribution in [2.45, 2.75) is 24.6 Å². The van der Waals surface area contributed by atoms with Gasteiger partial charge in [0, 0.05) is 30.6 Å². The molecule has 0 spiro atoms. The van der Waals surface area contributed by atoms with Crippen LogP contribution in [0.4, 0.5) is 0 Å². The molecule has 1 rings (SSSR count). The van der Waals surface area contributed by atoms with Crippen LogP contribution in [0.1, 0.15) is 18.1 Å². The third-order valence-corrected chi connectivity index (χ3v) is 6.57. The Morgan fingerprint density at radius 2 is 2.05 bits per heavy atom. The number of aryl methyl sites for hydroxylation is 1. The van der Waals surface area contributed by atoms with Crippen LogP contribution in [0.3, 0.4) is 0 Å². The average molecular weight is 385 g/mol. The highest BCUT2D eigenvalue weighted by atomic mass is 79.9. The van der Waals surface area contributed by atoms with Gasteiger partial charge in [-0.25, -0.2) is 8.42 Å². The van der Waals surface area contributed by atoms with Crippen LogP contribution < -0.4 is 0 Å². The highest BCUT2D eigenvalue weighted by molar-refractivity contribution is 9.10. The standard InChI is InChI=1S/C13H19BrClNO3S/c1-4-16(5-6-19-3)20(17,18)12-8-11(9-15)7-10(2)13(12)14/h7-8H,4-6,9H2,1-3H3. The number of sulfonamides is 1. The molecule has 0 saturated heterocycles. The molecule has 0 aliphatic rings. The van der Waals surface area contributed by atoms with Crippen LogP contribution in [0.15, 0.2) is 21.5 Å². The van der Waals surface area contributed by atoms with Crippen molar-refractivity contribution in [1.29, 1.82) is 0 Å². The number of rotatable bonds is 7. The van der Waals surface area contributed by atoms with Crippen LogP contribution in [0.5, 0.6) is 0 Å². The third kappa shape index (κ3) is 3.95. The number of likely N-dealkylation sites (N-methyl/N-ethyl adjacent to an activating group) is 1. The van der Waals surface area contributed by atoms with Gasteiger partial charge in [-0.15, -0.1) is 11.6 Å². The molecule has 0 radical (unpaired) electrons. The van der Waals surface area contributed by atoms with Crippen LogP contribution in [0, 0.1) is 6.92 Å². The summed E-state index contributed by atoms with van der Waals surface area (Å²) in [6, 6.07) is 3.50. The first-order chi connectivity index (χ1) is 9.38. The van der Waals surface area contributed by atoms with Gasteiger partial charge in [-0.3, -0.25) is 0 Å². The molecule has 114 valence electrons. The molecular weight excluding hydrogens is 366 g/mol. The van der Waals surface area contributed by atoms with E-state index in [1.54, 1.807) is 20.1 Å². The van der Waals surface area contributed by atoms with Gasteiger partial charge in [0.2, 0.25) is 10.0 Å². The number of methoxy groups -OCH3 is 1. The van der Waals surface area contributed by atoms with Gasteiger partial charge in [-0.2, -0.15) is 4.31 Å². The minimum Gasteiger partial charge on any atom is -0.383 e. The van der Waals surface area contributed by atoms with Crippen molar-refractivity contribution in [2.75, 3.05) is 26.8 Å². The molecule has 0 fully saturated rings. The number of hydrogen-bond acceptors (Lipinski definition) is 3. The summed E-state index contributed by atoms with van der Waals surface area (Å²) in [6.07, 6.45) is 0. The fourth-order valence-corrected chi connectivity index (χ4v) is 4.47. The lowest BCUT2D eigenvalue weighted by Gasteiger charge is -2.21. The maximum atomic E-state index is 12.7. The number of ether oxygens (including phenoxy) is 1. The molecule has 20 heavy (non-hydrogen) atoms. The molecule has 0 aromatic heterocycles. The molecule has 1 aromatic carbocycles. The first kappa shape index (κ1) is 17.9. The fourth-order valence-electron chi connectivity index (χ4n) is 1.85. The summed E-state index contributed by atoms with van der Waals surface area (Å²) in [7, 11) is -2.01. The molecule has 0 aliphatic carbocycles. The molecule has 1 aromatic rings. The van der Waals surface area contributed by atoms with Gasteiger partial charge in [-0.1, -0.05) is 13.0 Å². The summed E-state index contributed by atoms with van der Waals surface area (Å²) < 4.78 is 32.4. The molecule has 0 aliphatic heterocycles. The molecular formula is C13H19BrClNO3S. The number of benzene rings is 1. The molecule has 0 bridgehead atoms. The molecule has 4 nitrogen and oxygen atoms in total. The second-order valence-corrected chi connectivity index (χ2v) is 7.31. The van der Waals surface area contributed by atoms with Gasteiger partial charge < -0.3 is 4.74 Å². The molecule has 0 saturated carbocycles. The summed E-state index contributed by atoms with van der Waals surface area (Å²) in [4.78, 5) is 0.256. The highest BCUT2D eigenvalue weighted by Crippen LogP contribution is 2.30. The zero-order valence-electron chi connectivity index (χ0n) is 11.8. The average Bonchev–Trinajstić information content (AvgIpc) is 2.42. The van der Waals surface area contributed by atoms with Gasteiger partial charge in [0.25, 0.3) is 0 Å². The van der Waals surface area contributed by atoms with Crippen molar-refractivity contribution in [1.82, 2.24) is 4.31 Å². The minimum atomic E-state index is -3.56. The number of nitrogens with zero attached hydrogens (tertiary/aromatic N) is 1. The van der Waals surface area contributed by atoms with Gasteiger partial charge >= 0.3 is 0 Å². The second-order valence-electron chi connectivity index (χ2n) is 4.35. The van der Waals surface area contributed by atoms with E-state index in [1.165, 1.54) is 4.31 Å². The highest BCUT2D eigenvalue weighted by Gasteiger charge is 2.26. The zero-order chi connectivity index (χ0) is 15.3. The van der Waals surface area contributed by atoms with Crippen LogP contribution >= 0.6 is 27.5 Å². The largest absolute Gasteiger partial charge is 0.383 e. The van der Waals surface area contributed by atoms with Gasteiger partial charge in [0.15, 0.2) is 0 Å². The zero-order valence-corrected chi connectivity index (χ0v) is 15.0. The van der Waals surface area contributed by atoms with E-state index in [0.717, 1.165) is 11.1 Å². The lowest BCUT2D eigenvalue weighted by Crippen LogP contribution is -2.34. The van der Waals surface area contributed by atoms with E-state index in [1.807, 2.05) is 13.0 Å². The Morgan fingerprint density at radius 1 is 1.40 bits per heavy atom. The lowest BCUT2D eigenvalue weighted by atomic mass is 10.2. The van der Waals surface area contributed by atoms with Crippen molar-refractivity contribution in [2.24, 2.45) is 0 Å². The molecule has 0 amide bonds. The monoisotopic (exact) mass is 383 g/mol. The van der Waals surface area contributed by atoms with E-state index < -0.39 is 10.0 Å². The van der Waals surface area contributed by atoms with Crippen molar-refractivity contribution >= 4 is 37.6 Å². The normalized spacial score (nSPS) is 12.1. The van der Waals surface area contributed by atoms with Gasteiger partial charge in [0.1, 0.15) is 0 Å². The Labute approximate surface area is 134 Å². The van der Waals surface area contributed by atoms with Crippen LogP contribution in [-0.2, 0) is 20.6 Å². The van der Waals surface area contributed by atoms with E-state index in [0.29, 0.717) is 24.2 Å². The van der Waals surface area contributed by atoms with E-state index >= 15 is 0 Å². The molecule has 0 N–H and O–H groups in total. The summed E-state index contributed by atoms with van der Waals surface area (Å²) in [6.45, 7) is 4.73. The molecule has 0 unspecified atom stereocenters. The van der Waals surface area contributed by atoms with Crippen molar-refractivity contribution in [3.8, 4) is 0 Å². The lowest BCUT2D eigenvalue weighted by molar-refractivity contribution is 0.180. The predicted octanol–water partition coefficient (Wildman–Crippen LogP) is 3.15. The maximum Gasteiger partial charge on any atom is 0.244 e. The summed E-state index contributed by atoms with van der Waals surface area (Å²) in [5, 5.41) is 0.